The number of benzene rings is 2. The average molecular weight is 441 g/mol. The number of amides is 1. The smallest absolute Gasteiger partial charge is 0.228 e. The van der Waals surface area contributed by atoms with Gasteiger partial charge in [-0.05, 0) is 72.5 Å². The summed E-state index contributed by atoms with van der Waals surface area (Å²) in [6.07, 6.45) is 7.44. The molecule has 168 valence electrons. The van der Waals surface area contributed by atoms with Gasteiger partial charge in [-0.1, -0.05) is 12.1 Å². The number of hydrogen-bond acceptors (Lipinski definition) is 5. The minimum atomic E-state index is 0.0270. The number of nitrogens with one attached hydrogen (secondary N) is 1. The molecule has 6 heteroatoms. The zero-order valence-corrected chi connectivity index (χ0v) is 18.7. The van der Waals surface area contributed by atoms with Gasteiger partial charge in [0, 0.05) is 49.2 Å². The number of fused-ring (bicyclic) bond motifs is 1. The van der Waals surface area contributed by atoms with Crippen LogP contribution in [-0.2, 0) is 9.53 Å². The number of aromatic nitrogens is 1. The average Bonchev–Trinajstić information content (AvgIpc) is 2.89. The Hall–Kier alpha value is -3.43. The Kier molecular flexibility index (Phi) is 6.23. The van der Waals surface area contributed by atoms with Crippen LogP contribution < -0.4 is 5.32 Å². The van der Waals surface area contributed by atoms with Crippen molar-refractivity contribution in [2.24, 2.45) is 5.92 Å². The number of rotatable bonds is 4. The van der Waals surface area contributed by atoms with Crippen molar-refractivity contribution in [3.63, 3.8) is 0 Å². The van der Waals surface area contributed by atoms with Crippen molar-refractivity contribution in [1.82, 2.24) is 9.88 Å². The first-order valence-electron chi connectivity index (χ1n) is 11.7. The Morgan fingerprint density at radius 2 is 2.00 bits per heavy atom. The number of carbonyl (C=O) groups excluding carboxylic acids is 1. The Morgan fingerprint density at radius 1 is 1.12 bits per heavy atom. The van der Waals surface area contributed by atoms with Gasteiger partial charge < -0.3 is 15.0 Å². The van der Waals surface area contributed by atoms with Gasteiger partial charge >= 0.3 is 0 Å². The quantitative estimate of drug-likeness (QED) is 0.641. The second-order valence-electron chi connectivity index (χ2n) is 8.97. The molecular formula is C27H28N4O2. The molecule has 3 heterocycles. The maximum absolute atomic E-state index is 12.8. The number of ether oxygens (including phenoxy) is 1. The van der Waals surface area contributed by atoms with Crippen molar-refractivity contribution < 1.29 is 9.53 Å². The lowest BCUT2D eigenvalue weighted by Gasteiger charge is -2.36. The summed E-state index contributed by atoms with van der Waals surface area (Å²) in [5, 5.41) is 15.2. The monoisotopic (exact) mass is 440 g/mol. The molecule has 2 saturated heterocycles. The third-order valence-corrected chi connectivity index (χ3v) is 6.76. The van der Waals surface area contributed by atoms with E-state index in [0.717, 1.165) is 73.0 Å². The van der Waals surface area contributed by atoms with Crippen molar-refractivity contribution in [1.29, 1.82) is 5.26 Å². The molecule has 3 aromatic rings. The number of carbonyl (C=O) groups is 1. The van der Waals surface area contributed by atoms with Gasteiger partial charge in [0.15, 0.2) is 0 Å². The summed E-state index contributed by atoms with van der Waals surface area (Å²) in [6, 6.07) is 16.5. The maximum Gasteiger partial charge on any atom is 0.228 e. The standard InChI is InChI=1S/C27H28N4O2/c28-16-19-3-1-4-20(13-19)23-14-21-6-9-29-17-25(21)26(15-23)30-24-7-10-31(11-8-24)27(32)22-5-2-12-33-18-22/h1,3-4,6,9,13-15,17,22,24,30H,2,5,7-8,10-12,18H2. The van der Waals surface area contributed by atoms with Crippen molar-refractivity contribution in [2.75, 3.05) is 31.6 Å². The van der Waals surface area contributed by atoms with Crippen LogP contribution >= 0.6 is 0 Å². The summed E-state index contributed by atoms with van der Waals surface area (Å²) in [6.45, 7) is 2.88. The van der Waals surface area contributed by atoms with E-state index in [1.807, 2.05) is 41.4 Å². The highest BCUT2D eigenvalue weighted by atomic mass is 16.5. The molecule has 0 saturated carbocycles. The Labute approximate surface area is 194 Å². The molecule has 2 fully saturated rings. The van der Waals surface area contributed by atoms with Crippen LogP contribution in [0, 0.1) is 17.2 Å². The van der Waals surface area contributed by atoms with Crippen LogP contribution in [0.15, 0.2) is 54.9 Å². The molecule has 2 aliphatic rings. The first-order chi connectivity index (χ1) is 16.2. The molecule has 1 N–H and O–H groups in total. The van der Waals surface area contributed by atoms with Crippen LogP contribution in [0.1, 0.15) is 31.2 Å². The summed E-state index contributed by atoms with van der Waals surface area (Å²) < 4.78 is 5.51. The van der Waals surface area contributed by atoms with Crippen LogP contribution in [0.5, 0.6) is 0 Å². The number of nitrogens with zero attached hydrogens (tertiary/aromatic N) is 3. The fourth-order valence-electron chi connectivity index (χ4n) is 4.91. The molecule has 6 nitrogen and oxygen atoms in total. The lowest BCUT2D eigenvalue weighted by Crippen LogP contribution is -2.46. The van der Waals surface area contributed by atoms with Crippen LogP contribution in [-0.4, -0.2) is 48.1 Å². The lowest BCUT2D eigenvalue weighted by atomic mass is 9.96. The Bertz CT molecular complexity index is 1190. The fourth-order valence-corrected chi connectivity index (χ4v) is 4.91. The van der Waals surface area contributed by atoms with Gasteiger partial charge in [0.25, 0.3) is 0 Å². The highest BCUT2D eigenvalue weighted by molar-refractivity contribution is 5.97. The molecule has 1 amide bonds. The van der Waals surface area contributed by atoms with E-state index in [1.165, 1.54) is 0 Å². The molecule has 0 aliphatic carbocycles. The maximum atomic E-state index is 12.8. The molecule has 0 spiro atoms. The van der Waals surface area contributed by atoms with Crippen LogP contribution in [0.2, 0.25) is 0 Å². The molecule has 2 aliphatic heterocycles. The van der Waals surface area contributed by atoms with Gasteiger partial charge in [-0.2, -0.15) is 5.26 Å². The SMILES string of the molecule is N#Cc1cccc(-c2cc(NC3CCN(C(=O)C4CCCOC4)CC3)c3cnccc3c2)c1. The number of anilines is 1. The van der Waals surface area contributed by atoms with Crippen LogP contribution in [0.4, 0.5) is 5.69 Å². The number of nitriles is 1. The normalized spacial score (nSPS) is 19.2. The summed E-state index contributed by atoms with van der Waals surface area (Å²) in [5.74, 6) is 0.279. The van der Waals surface area contributed by atoms with Gasteiger partial charge in [0.05, 0.1) is 24.2 Å². The van der Waals surface area contributed by atoms with E-state index in [4.69, 9.17) is 4.74 Å². The van der Waals surface area contributed by atoms with E-state index < -0.39 is 0 Å². The topological polar surface area (TPSA) is 78.2 Å². The highest BCUT2D eigenvalue weighted by Crippen LogP contribution is 2.32. The van der Waals surface area contributed by atoms with Crippen molar-refractivity contribution in [3.8, 4) is 17.2 Å². The predicted octanol–water partition coefficient (Wildman–Crippen LogP) is 4.60. The fraction of sp³-hybridized carbons (Fsp3) is 0.370. The summed E-state index contributed by atoms with van der Waals surface area (Å²) in [7, 11) is 0. The predicted molar refractivity (Wildman–Crippen MR) is 129 cm³/mol. The van der Waals surface area contributed by atoms with E-state index in [2.05, 4.69) is 28.5 Å². The third kappa shape index (κ3) is 4.69. The van der Waals surface area contributed by atoms with Gasteiger partial charge in [-0.15, -0.1) is 0 Å². The minimum Gasteiger partial charge on any atom is -0.382 e. The molecule has 0 bridgehead atoms. The summed E-state index contributed by atoms with van der Waals surface area (Å²) in [5.41, 5.74) is 3.78. The van der Waals surface area contributed by atoms with Crippen LogP contribution in [0.25, 0.3) is 21.9 Å². The van der Waals surface area contributed by atoms with Gasteiger partial charge in [0.2, 0.25) is 5.91 Å². The van der Waals surface area contributed by atoms with Crippen molar-refractivity contribution in [3.05, 3.63) is 60.4 Å². The van der Waals surface area contributed by atoms with Crippen molar-refractivity contribution in [2.45, 2.75) is 31.7 Å². The zero-order chi connectivity index (χ0) is 22.6. The van der Waals surface area contributed by atoms with E-state index in [9.17, 15) is 10.1 Å². The number of piperidine rings is 1. The second-order valence-corrected chi connectivity index (χ2v) is 8.97. The molecule has 5 rings (SSSR count). The third-order valence-electron chi connectivity index (χ3n) is 6.76. The zero-order valence-electron chi connectivity index (χ0n) is 18.7. The summed E-state index contributed by atoms with van der Waals surface area (Å²) >= 11 is 0. The lowest BCUT2D eigenvalue weighted by molar-refractivity contribution is -0.140. The number of pyridine rings is 1. The number of hydrogen-bond donors (Lipinski definition) is 1. The molecule has 33 heavy (non-hydrogen) atoms. The van der Waals surface area contributed by atoms with E-state index in [1.54, 1.807) is 6.20 Å². The van der Waals surface area contributed by atoms with E-state index in [0.29, 0.717) is 18.2 Å². The van der Waals surface area contributed by atoms with Gasteiger partial charge in [-0.25, -0.2) is 0 Å². The van der Waals surface area contributed by atoms with Gasteiger partial charge in [0.1, 0.15) is 0 Å². The number of likely N-dealkylation sites (tertiary alicyclic amines) is 1. The largest absolute Gasteiger partial charge is 0.382 e. The molecular weight excluding hydrogens is 412 g/mol. The highest BCUT2D eigenvalue weighted by Gasteiger charge is 2.29. The molecule has 1 atom stereocenters. The molecule has 1 unspecified atom stereocenters. The first kappa shape index (κ1) is 21.4. The molecule has 2 aromatic carbocycles. The van der Waals surface area contributed by atoms with Gasteiger partial charge in [-0.3, -0.25) is 9.78 Å². The molecule has 1 aromatic heterocycles. The molecule has 0 radical (unpaired) electrons. The minimum absolute atomic E-state index is 0.0270. The Balaban J connectivity index is 1.33. The van der Waals surface area contributed by atoms with Crippen molar-refractivity contribution >= 4 is 22.4 Å². The Morgan fingerprint density at radius 3 is 2.79 bits per heavy atom. The van der Waals surface area contributed by atoms with E-state index >= 15 is 0 Å². The second kappa shape index (κ2) is 9.60. The van der Waals surface area contributed by atoms with E-state index in [-0.39, 0.29) is 11.8 Å². The first-order valence-corrected chi connectivity index (χ1v) is 11.7. The van der Waals surface area contributed by atoms with Crippen LogP contribution in [0.3, 0.4) is 0 Å². The summed E-state index contributed by atoms with van der Waals surface area (Å²) in [4.78, 5) is 19.2.